The summed E-state index contributed by atoms with van der Waals surface area (Å²) in [4.78, 5) is 11.1. The molecule has 3 aliphatic rings. The number of piperazine rings is 1. The summed E-state index contributed by atoms with van der Waals surface area (Å²) in [5.41, 5.74) is 15.7. The van der Waals surface area contributed by atoms with Gasteiger partial charge in [-0.05, 0) is 88.2 Å². The first-order valence-electron chi connectivity index (χ1n) is 13.3. The minimum atomic E-state index is -3.69. The van der Waals surface area contributed by atoms with Gasteiger partial charge in [0.25, 0.3) is 0 Å². The molecule has 0 aromatic heterocycles. The van der Waals surface area contributed by atoms with Gasteiger partial charge in [-0.25, -0.2) is 13.4 Å². The summed E-state index contributed by atoms with van der Waals surface area (Å²) < 4.78 is 29.0. The Labute approximate surface area is 226 Å². The first kappa shape index (κ1) is 26.7. The summed E-state index contributed by atoms with van der Waals surface area (Å²) in [6, 6.07) is 15.0. The van der Waals surface area contributed by atoms with Gasteiger partial charge in [0.05, 0.1) is 4.90 Å². The Hall–Kier alpha value is -2.92. The molecular weight excluding hydrogens is 498 g/mol. The molecule has 5 rings (SSSR count). The number of anilines is 2. The molecule has 0 radical (unpaired) electrons. The van der Waals surface area contributed by atoms with E-state index < -0.39 is 15.7 Å². The lowest BCUT2D eigenvalue weighted by molar-refractivity contribution is 0.313. The van der Waals surface area contributed by atoms with Crippen molar-refractivity contribution >= 4 is 27.4 Å². The van der Waals surface area contributed by atoms with E-state index in [0.717, 1.165) is 56.0 Å². The van der Waals surface area contributed by atoms with Gasteiger partial charge < -0.3 is 21.3 Å². The van der Waals surface area contributed by atoms with E-state index in [1.165, 1.54) is 0 Å². The van der Waals surface area contributed by atoms with Crippen molar-refractivity contribution < 1.29 is 8.42 Å². The monoisotopic (exact) mass is 537 g/mol. The highest BCUT2D eigenvalue weighted by atomic mass is 32.2. The number of rotatable bonds is 5. The zero-order valence-electron chi connectivity index (χ0n) is 22.7. The minimum absolute atomic E-state index is 0.0418. The lowest BCUT2D eigenvalue weighted by Crippen LogP contribution is -2.60. The van der Waals surface area contributed by atoms with Crippen LogP contribution < -0.4 is 21.3 Å². The van der Waals surface area contributed by atoms with E-state index in [0.29, 0.717) is 5.56 Å². The van der Waals surface area contributed by atoms with Crippen LogP contribution in [-0.4, -0.2) is 68.9 Å². The zero-order chi connectivity index (χ0) is 27.2. The van der Waals surface area contributed by atoms with Gasteiger partial charge in [-0.15, -0.1) is 0 Å². The maximum atomic E-state index is 13.7. The standard InChI is InChI=1S/C28H39N7O2S/c1-20-19-31-27(29)34(25-12-10-24(11-13-25)33-16-14-32(4)15-17-33)28(20,30)23-6-5-7-26(18-23)38(36,37)35-21(2)8-9-22(35)3/h5-7,10-13,18-19,21-22H,8-9,14-17,30H2,1-4H3,(H2,29,31). The topological polar surface area (TPSA) is 111 Å². The highest BCUT2D eigenvalue weighted by molar-refractivity contribution is 7.89. The second-order valence-corrected chi connectivity index (χ2v) is 12.7. The van der Waals surface area contributed by atoms with Gasteiger partial charge >= 0.3 is 0 Å². The molecule has 3 unspecified atom stereocenters. The van der Waals surface area contributed by atoms with Crippen molar-refractivity contribution in [2.24, 2.45) is 16.5 Å². The van der Waals surface area contributed by atoms with Crippen LogP contribution in [0.3, 0.4) is 0 Å². The molecule has 2 aromatic carbocycles. The number of hydrogen-bond acceptors (Lipinski definition) is 8. The van der Waals surface area contributed by atoms with Crippen molar-refractivity contribution in [1.82, 2.24) is 9.21 Å². The van der Waals surface area contributed by atoms with E-state index in [-0.39, 0.29) is 22.9 Å². The molecule has 2 aromatic rings. The van der Waals surface area contributed by atoms with Gasteiger partial charge in [-0.3, -0.25) is 4.90 Å². The maximum Gasteiger partial charge on any atom is 0.243 e. The average Bonchev–Trinajstić information content (AvgIpc) is 3.26. The number of likely N-dealkylation sites (N-methyl/N-ethyl adjacent to an activating group) is 1. The molecule has 0 spiro atoms. The fraction of sp³-hybridized carbons (Fsp3) is 0.464. The quantitative estimate of drug-likeness (QED) is 0.603. The number of sulfonamides is 1. The van der Waals surface area contributed by atoms with Gasteiger partial charge in [0.15, 0.2) is 0 Å². The fourth-order valence-corrected chi connectivity index (χ4v) is 7.83. The average molecular weight is 538 g/mol. The minimum Gasteiger partial charge on any atom is -0.369 e. The van der Waals surface area contributed by atoms with Gasteiger partial charge in [-0.1, -0.05) is 12.1 Å². The third kappa shape index (κ3) is 4.49. The van der Waals surface area contributed by atoms with E-state index in [9.17, 15) is 8.42 Å². The summed E-state index contributed by atoms with van der Waals surface area (Å²) in [7, 11) is -1.55. The van der Waals surface area contributed by atoms with Gasteiger partial charge in [-0.2, -0.15) is 4.31 Å². The highest BCUT2D eigenvalue weighted by Crippen LogP contribution is 2.39. The molecule has 0 aliphatic carbocycles. The van der Waals surface area contributed by atoms with Crippen molar-refractivity contribution in [3.63, 3.8) is 0 Å². The van der Waals surface area contributed by atoms with Crippen LogP contribution in [-0.2, 0) is 15.7 Å². The largest absolute Gasteiger partial charge is 0.369 e. The molecule has 3 aliphatic heterocycles. The summed E-state index contributed by atoms with van der Waals surface area (Å²) in [6.07, 6.45) is 3.37. The summed E-state index contributed by atoms with van der Waals surface area (Å²) >= 11 is 0. The number of guanidine groups is 1. The number of hydrogen-bond donors (Lipinski definition) is 2. The van der Waals surface area contributed by atoms with Crippen LogP contribution in [0.5, 0.6) is 0 Å². The Bertz CT molecular complexity index is 1340. The Balaban J connectivity index is 1.51. The molecule has 9 nitrogen and oxygen atoms in total. The summed E-state index contributed by atoms with van der Waals surface area (Å²) in [5.74, 6) is 0.250. The van der Waals surface area contributed by atoms with E-state index >= 15 is 0 Å². The smallest absolute Gasteiger partial charge is 0.243 e. The Kier molecular flexibility index (Phi) is 7.02. The second-order valence-electron chi connectivity index (χ2n) is 10.8. The Morgan fingerprint density at radius 2 is 1.55 bits per heavy atom. The Morgan fingerprint density at radius 1 is 0.947 bits per heavy atom. The van der Waals surface area contributed by atoms with E-state index in [1.807, 2.05) is 39.0 Å². The molecule has 2 saturated heterocycles. The van der Waals surface area contributed by atoms with Crippen LogP contribution in [0.25, 0.3) is 0 Å². The van der Waals surface area contributed by atoms with E-state index in [2.05, 4.69) is 34.0 Å². The number of nitrogens with zero attached hydrogens (tertiary/aromatic N) is 5. The van der Waals surface area contributed by atoms with Crippen LogP contribution in [0.1, 0.15) is 39.2 Å². The van der Waals surface area contributed by atoms with E-state index in [4.69, 9.17) is 11.5 Å². The summed E-state index contributed by atoms with van der Waals surface area (Å²) in [5, 5.41) is 0. The molecule has 10 heteroatoms. The molecule has 3 atom stereocenters. The molecule has 0 saturated carbocycles. The van der Waals surface area contributed by atoms with Gasteiger partial charge in [0.1, 0.15) is 5.66 Å². The number of benzene rings is 2. The number of nitrogens with two attached hydrogens (primary N) is 2. The number of aliphatic imine (C=N–C) groups is 1. The molecule has 3 heterocycles. The van der Waals surface area contributed by atoms with Crippen LogP contribution in [0.2, 0.25) is 0 Å². The third-order valence-corrected chi connectivity index (χ3v) is 10.4. The van der Waals surface area contributed by atoms with Crippen molar-refractivity contribution in [1.29, 1.82) is 0 Å². The predicted molar refractivity (Wildman–Crippen MR) is 154 cm³/mol. The van der Waals surface area contributed by atoms with Crippen molar-refractivity contribution in [2.45, 2.75) is 56.3 Å². The van der Waals surface area contributed by atoms with Crippen molar-refractivity contribution in [3.05, 3.63) is 65.9 Å². The lowest BCUT2D eigenvalue weighted by Gasteiger charge is -2.44. The van der Waals surface area contributed by atoms with Crippen LogP contribution >= 0.6 is 0 Å². The first-order chi connectivity index (χ1) is 18.0. The first-order valence-corrected chi connectivity index (χ1v) is 14.7. The molecule has 204 valence electrons. The maximum absolute atomic E-state index is 13.7. The predicted octanol–water partition coefficient (Wildman–Crippen LogP) is 2.85. The van der Waals surface area contributed by atoms with Crippen LogP contribution in [0.15, 0.2) is 70.2 Å². The summed E-state index contributed by atoms with van der Waals surface area (Å²) in [6.45, 7) is 9.83. The molecule has 0 amide bonds. The normalized spacial score (nSPS) is 27.4. The fourth-order valence-electron chi connectivity index (χ4n) is 5.91. The van der Waals surface area contributed by atoms with Crippen LogP contribution in [0.4, 0.5) is 11.4 Å². The Morgan fingerprint density at radius 3 is 2.18 bits per heavy atom. The molecule has 0 bridgehead atoms. The molecule has 2 fully saturated rings. The highest BCUT2D eigenvalue weighted by Gasteiger charge is 2.43. The molecule has 38 heavy (non-hydrogen) atoms. The van der Waals surface area contributed by atoms with Crippen molar-refractivity contribution in [2.75, 3.05) is 43.0 Å². The zero-order valence-corrected chi connectivity index (χ0v) is 23.5. The SMILES string of the molecule is CC1=CN=C(N)N(c2ccc(N3CCN(C)CC3)cc2)C1(N)c1cccc(S(=O)(=O)N2C(C)CCC2C)c1. The molecule has 4 N–H and O–H groups in total. The van der Waals surface area contributed by atoms with Gasteiger partial charge in [0.2, 0.25) is 16.0 Å². The molecular formula is C28H39N7O2S. The third-order valence-electron chi connectivity index (χ3n) is 8.27. The van der Waals surface area contributed by atoms with Crippen molar-refractivity contribution in [3.8, 4) is 0 Å². The lowest BCUT2D eigenvalue weighted by atomic mass is 9.90. The van der Waals surface area contributed by atoms with Crippen LogP contribution in [0, 0.1) is 0 Å². The second kappa shape index (κ2) is 10.00. The van der Waals surface area contributed by atoms with Gasteiger partial charge in [0, 0.05) is 55.8 Å². The van der Waals surface area contributed by atoms with E-state index in [1.54, 1.807) is 33.6 Å².